The summed E-state index contributed by atoms with van der Waals surface area (Å²) < 4.78 is 22.1. The van der Waals surface area contributed by atoms with Gasteiger partial charge in [0.1, 0.15) is 18.8 Å². The van der Waals surface area contributed by atoms with Crippen molar-refractivity contribution in [1.82, 2.24) is 0 Å². The van der Waals surface area contributed by atoms with E-state index in [0.717, 1.165) is 0 Å². The molecule has 1 N–H and O–H groups in total. The minimum absolute atomic E-state index is 0.448. The lowest BCUT2D eigenvalue weighted by atomic mass is 10.2. The Morgan fingerprint density at radius 2 is 2.04 bits per heavy atom. The summed E-state index contributed by atoms with van der Waals surface area (Å²) in [6, 6.07) is 3.37. The molecule has 1 aliphatic heterocycles. The van der Waals surface area contributed by atoms with E-state index in [1.54, 1.807) is 32.9 Å². The van der Waals surface area contributed by atoms with E-state index in [4.69, 9.17) is 30.5 Å². The standard InChI is InChI=1S/C16H22ClNO5/c1-16(2,3)23-15(19)18-11-9-12(20-6-4-5-17)14-13(10-11)21-7-8-22-14/h9-10H,4-8H2,1-3H3,(H,18,19). The molecule has 2 rings (SSSR count). The molecule has 0 saturated carbocycles. The zero-order valence-electron chi connectivity index (χ0n) is 13.6. The van der Waals surface area contributed by atoms with Gasteiger partial charge in [-0.1, -0.05) is 0 Å². The number of carbonyl (C=O) groups excluding carboxylic acids is 1. The second-order valence-electron chi connectivity index (χ2n) is 6.02. The molecule has 0 radical (unpaired) electrons. The fourth-order valence-corrected chi connectivity index (χ4v) is 2.07. The fourth-order valence-electron chi connectivity index (χ4n) is 1.96. The minimum atomic E-state index is -0.572. The first-order chi connectivity index (χ1) is 10.9. The number of hydrogen-bond donors (Lipinski definition) is 1. The van der Waals surface area contributed by atoms with E-state index in [-0.39, 0.29) is 0 Å². The summed E-state index contributed by atoms with van der Waals surface area (Å²) in [5, 5.41) is 2.68. The molecule has 0 bridgehead atoms. The van der Waals surface area contributed by atoms with E-state index in [9.17, 15) is 4.79 Å². The highest BCUT2D eigenvalue weighted by Gasteiger charge is 2.21. The highest BCUT2D eigenvalue weighted by atomic mass is 35.5. The molecular weight excluding hydrogens is 322 g/mol. The summed E-state index contributed by atoms with van der Waals surface area (Å²) in [6.07, 6.45) is 0.168. The van der Waals surface area contributed by atoms with Crippen LogP contribution in [0.1, 0.15) is 27.2 Å². The minimum Gasteiger partial charge on any atom is -0.489 e. The first kappa shape index (κ1) is 17.5. The van der Waals surface area contributed by atoms with Crippen LogP contribution in [-0.2, 0) is 4.74 Å². The molecule has 7 heteroatoms. The molecule has 1 heterocycles. The van der Waals surface area contributed by atoms with Gasteiger partial charge >= 0.3 is 6.09 Å². The molecule has 0 atom stereocenters. The third-order valence-electron chi connectivity index (χ3n) is 2.79. The Balaban J connectivity index is 2.16. The predicted molar refractivity (Wildman–Crippen MR) is 88.1 cm³/mol. The van der Waals surface area contributed by atoms with Crippen LogP contribution >= 0.6 is 11.6 Å². The third-order valence-corrected chi connectivity index (χ3v) is 3.06. The number of ether oxygens (including phenoxy) is 4. The average molecular weight is 344 g/mol. The van der Waals surface area contributed by atoms with Gasteiger partial charge in [0, 0.05) is 18.0 Å². The van der Waals surface area contributed by atoms with Crippen molar-refractivity contribution < 1.29 is 23.7 Å². The predicted octanol–water partition coefficient (Wildman–Crippen LogP) is 3.81. The van der Waals surface area contributed by atoms with Crippen molar-refractivity contribution in [3.8, 4) is 17.2 Å². The van der Waals surface area contributed by atoms with E-state index >= 15 is 0 Å². The number of anilines is 1. The number of nitrogens with one attached hydrogen (secondary N) is 1. The van der Waals surface area contributed by atoms with Gasteiger partial charge < -0.3 is 18.9 Å². The number of alkyl halides is 1. The smallest absolute Gasteiger partial charge is 0.412 e. The topological polar surface area (TPSA) is 66.0 Å². The molecule has 0 aliphatic carbocycles. The summed E-state index contributed by atoms with van der Waals surface area (Å²) in [5.41, 5.74) is -0.0539. The second-order valence-corrected chi connectivity index (χ2v) is 6.39. The largest absolute Gasteiger partial charge is 0.489 e. The molecule has 0 aromatic heterocycles. The molecule has 23 heavy (non-hydrogen) atoms. The maximum absolute atomic E-state index is 11.9. The Labute approximate surface area is 141 Å². The van der Waals surface area contributed by atoms with Crippen LogP contribution in [0, 0.1) is 0 Å². The molecule has 6 nitrogen and oxygen atoms in total. The van der Waals surface area contributed by atoms with Crippen LogP contribution in [0.15, 0.2) is 12.1 Å². The van der Waals surface area contributed by atoms with E-state index in [1.807, 2.05) is 0 Å². The molecule has 0 fully saturated rings. The van der Waals surface area contributed by atoms with Crippen LogP contribution in [-0.4, -0.2) is 37.4 Å². The zero-order valence-corrected chi connectivity index (χ0v) is 14.4. The first-order valence-electron chi connectivity index (χ1n) is 7.51. The van der Waals surface area contributed by atoms with Crippen molar-refractivity contribution in [2.75, 3.05) is 31.0 Å². The highest BCUT2D eigenvalue weighted by Crippen LogP contribution is 2.42. The first-order valence-corrected chi connectivity index (χ1v) is 8.05. The summed E-state index contributed by atoms with van der Waals surface area (Å²) in [7, 11) is 0. The van der Waals surface area contributed by atoms with Gasteiger partial charge in [0.25, 0.3) is 0 Å². The molecule has 1 aliphatic rings. The number of benzene rings is 1. The lowest BCUT2D eigenvalue weighted by Gasteiger charge is -2.23. The van der Waals surface area contributed by atoms with Crippen LogP contribution in [0.5, 0.6) is 17.2 Å². The lowest BCUT2D eigenvalue weighted by Crippen LogP contribution is -2.27. The normalized spacial score (nSPS) is 13.4. The van der Waals surface area contributed by atoms with Crippen molar-refractivity contribution in [1.29, 1.82) is 0 Å². The number of halogens is 1. The number of carbonyl (C=O) groups is 1. The Hall–Kier alpha value is -1.82. The number of fused-ring (bicyclic) bond motifs is 1. The van der Waals surface area contributed by atoms with Gasteiger partial charge in [0.15, 0.2) is 11.5 Å². The van der Waals surface area contributed by atoms with Crippen LogP contribution in [0.25, 0.3) is 0 Å². The molecule has 0 spiro atoms. The second kappa shape index (κ2) is 7.64. The van der Waals surface area contributed by atoms with Crippen molar-refractivity contribution in [2.24, 2.45) is 0 Å². The number of hydrogen-bond acceptors (Lipinski definition) is 5. The van der Waals surface area contributed by atoms with Gasteiger partial charge in [-0.05, 0) is 27.2 Å². The molecule has 0 saturated heterocycles. The van der Waals surface area contributed by atoms with Gasteiger partial charge in [-0.25, -0.2) is 4.79 Å². The Kier molecular flexibility index (Phi) is 5.82. The third kappa shape index (κ3) is 5.39. The highest BCUT2D eigenvalue weighted by molar-refractivity contribution is 6.17. The van der Waals surface area contributed by atoms with Crippen molar-refractivity contribution in [3.63, 3.8) is 0 Å². The molecule has 1 amide bonds. The van der Waals surface area contributed by atoms with Gasteiger partial charge in [0.05, 0.1) is 12.3 Å². The van der Waals surface area contributed by atoms with Gasteiger partial charge in [0.2, 0.25) is 5.75 Å². The van der Waals surface area contributed by atoms with E-state index in [2.05, 4.69) is 5.32 Å². The van der Waals surface area contributed by atoms with Crippen LogP contribution in [0.2, 0.25) is 0 Å². The molecule has 0 unspecified atom stereocenters. The maximum atomic E-state index is 11.9. The Bertz CT molecular complexity index is 556. The SMILES string of the molecule is CC(C)(C)OC(=O)Nc1cc(OCCCCl)c2c(c1)OCCO2. The fraction of sp³-hybridized carbons (Fsp3) is 0.562. The average Bonchev–Trinajstić information content (AvgIpc) is 2.45. The number of amides is 1. The molecule has 1 aromatic carbocycles. The Morgan fingerprint density at radius 1 is 1.30 bits per heavy atom. The summed E-state index contributed by atoms with van der Waals surface area (Å²) in [5.74, 6) is 2.10. The van der Waals surface area contributed by atoms with E-state index < -0.39 is 11.7 Å². The lowest BCUT2D eigenvalue weighted by molar-refractivity contribution is 0.0636. The monoisotopic (exact) mass is 343 g/mol. The van der Waals surface area contributed by atoms with E-state index in [1.165, 1.54) is 0 Å². The van der Waals surface area contributed by atoms with Crippen LogP contribution in [0.3, 0.4) is 0 Å². The van der Waals surface area contributed by atoms with Gasteiger partial charge in [-0.2, -0.15) is 0 Å². The summed E-state index contributed by atoms with van der Waals surface area (Å²) >= 11 is 5.66. The van der Waals surface area contributed by atoms with Crippen molar-refractivity contribution >= 4 is 23.4 Å². The Morgan fingerprint density at radius 3 is 2.74 bits per heavy atom. The molecular formula is C16H22ClNO5. The van der Waals surface area contributed by atoms with Gasteiger partial charge in [-0.15, -0.1) is 11.6 Å². The van der Waals surface area contributed by atoms with Crippen LogP contribution in [0.4, 0.5) is 10.5 Å². The zero-order chi connectivity index (χ0) is 16.9. The summed E-state index contributed by atoms with van der Waals surface area (Å²) in [4.78, 5) is 11.9. The quantitative estimate of drug-likeness (QED) is 0.650. The number of rotatable bonds is 5. The van der Waals surface area contributed by atoms with Crippen LogP contribution < -0.4 is 19.5 Å². The maximum Gasteiger partial charge on any atom is 0.412 e. The molecule has 128 valence electrons. The molecule has 1 aromatic rings. The van der Waals surface area contributed by atoms with E-state index in [0.29, 0.717) is 55.1 Å². The summed E-state index contributed by atoms with van der Waals surface area (Å²) in [6.45, 7) is 6.77. The van der Waals surface area contributed by atoms with Gasteiger partial charge in [-0.3, -0.25) is 5.32 Å². The van der Waals surface area contributed by atoms with Crippen molar-refractivity contribution in [2.45, 2.75) is 32.8 Å². The van der Waals surface area contributed by atoms with Crippen molar-refractivity contribution in [3.05, 3.63) is 12.1 Å².